The van der Waals surface area contributed by atoms with Crippen molar-refractivity contribution >= 4 is 26.8 Å². The molecular formula is C19H20N2O4S. The fraction of sp³-hybridized carbons (Fsp3) is 0.211. The molecule has 0 saturated heterocycles. The van der Waals surface area contributed by atoms with Crippen LogP contribution in [0, 0.1) is 6.92 Å². The van der Waals surface area contributed by atoms with E-state index in [1.807, 2.05) is 48.0 Å². The zero-order valence-electron chi connectivity index (χ0n) is 14.6. The SMILES string of the molecule is Cc1cc2c(OCC(=O)NS(C)(=O)=O)cccc2n1Cc1ccccc1. The fourth-order valence-electron chi connectivity index (χ4n) is 2.87. The molecule has 0 fully saturated rings. The highest BCUT2D eigenvalue weighted by atomic mass is 32.2. The molecule has 0 aliphatic heterocycles. The summed E-state index contributed by atoms with van der Waals surface area (Å²) in [6, 6.07) is 17.8. The van der Waals surface area contributed by atoms with Gasteiger partial charge in [0.2, 0.25) is 10.0 Å². The number of ether oxygens (including phenoxy) is 1. The number of carbonyl (C=O) groups excluding carboxylic acids is 1. The Labute approximate surface area is 152 Å². The normalized spacial score (nSPS) is 11.5. The van der Waals surface area contributed by atoms with Gasteiger partial charge in [0.05, 0.1) is 11.8 Å². The van der Waals surface area contributed by atoms with Gasteiger partial charge < -0.3 is 9.30 Å². The maximum atomic E-state index is 11.7. The van der Waals surface area contributed by atoms with E-state index in [-0.39, 0.29) is 6.61 Å². The Balaban J connectivity index is 1.85. The third-order valence-corrected chi connectivity index (χ3v) is 4.55. The van der Waals surface area contributed by atoms with Gasteiger partial charge in [0.15, 0.2) is 6.61 Å². The van der Waals surface area contributed by atoms with Crippen LogP contribution >= 0.6 is 0 Å². The molecule has 6 nitrogen and oxygen atoms in total. The first-order chi connectivity index (χ1) is 12.3. The molecule has 0 unspecified atom stereocenters. The Kier molecular flexibility index (Phi) is 4.99. The zero-order chi connectivity index (χ0) is 18.7. The van der Waals surface area contributed by atoms with Crippen LogP contribution in [0.3, 0.4) is 0 Å². The van der Waals surface area contributed by atoms with Gasteiger partial charge >= 0.3 is 0 Å². The van der Waals surface area contributed by atoms with Gasteiger partial charge in [0, 0.05) is 17.6 Å². The van der Waals surface area contributed by atoms with Crippen molar-refractivity contribution in [3.8, 4) is 5.75 Å². The number of nitrogens with zero attached hydrogens (tertiary/aromatic N) is 1. The number of fused-ring (bicyclic) bond motifs is 1. The summed E-state index contributed by atoms with van der Waals surface area (Å²) in [5.41, 5.74) is 3.25. The number of carbonyl (C=O) groups is 1. The van der Waals surface area contributed by atoms with E-state index in [9.17, 15) is 13.2 Å². The Morgan fingerprint density at radius 2 is 1.85 bits per heavy atom. The van der Waals surface area contributed by atoms with E-state index in [4.69, 9.17) is 4.74 Å². The van der Waals surface area contributed by atoms with Crippen molar-refractivity contribution in [1.29, 1.82) is 0 Å². The van der Waals surface area contributed by atoms with Crippen LogP contribution in [0.2, 0.25) is 0 Å². The van der Waals surface area contributed by atoms with E-state index in [0.29, 0.717) is 5.75 Å². The fourth-order valence-corrected chi connectivity index (χ4v) is 3.34. The molecule has 0 saturated carbocycles. The lowest BCUT2D eigenvalue weighted by Gasteiger charge is -2.10. The Morgan fingerprint density at radius 3 is 2.54 bits per heavy atom. The van der Waals surface area contributed by atoms with Crippen molar-refractivity contribution in [2.24, 2.45) is 0 Å². The predicted molar refractivity (Wildman–Crippen MR) is 101 cm³/mol. The van der Waals surface area contributed by atoms with E-state index in [1.165, 1.54) is 5.56 Å². The second-order valence-corrected chi connectivity index (χ2v) is 7.88. The molecular weight excluding hydrogens is 352 g/mol. The lowest BCUT2D eigenvalue weighted by molar-refractivity contribution is -0.121. The number of hydrogen-bond donors (Lipinski definition) is 1. The number of aromatic nitrogens is 1. The molecule has 1 amide bonds. The van der Waals surface area contributed by atoms with Gasteiger partial charge in [-0.25, -0.2) is 8.42 Å². The number of sulfonamides is 1. The highest BCUT2D eigenvalue weighted by Gasteiger charge is 2.13. The summed E-state index contributed by atoms with van der Waals surface area (Å²) < 4.78 is 31.8. The van der Waals surface area contributed by atoms with Crippen molar-refractivity contribution < 1.29 is 17.9 Å². The van der Waals surface area contributed by atoms with E-state index in [2.05, 4.69) is 16.7 Å². The van der Waals surface area contributed by atoms with Crippen molar-refractivity contribution in [2.45, 2.75) is 13.5 Å². The number of amides is 1. The van der Waals surface area contributed by atoms with Gasteiger partial charge in [-0.1, -0.05) is 36.4 Å². The monoisotopic (exact) mass is 372 g/mol. The summed E-state index contributed by atoms with van der Waals surface area (Å²) in [5, 5.41) is 0.882. The van der Waals surface area contributed by atoms with Crippen molar-refractivity contribution in [2.75, 3.05) is 12.9 Å². The average molecular weight is 372 g/mol. The molecule has 2 aromatic carbocycles. The van der Waals surface area contributed by atoms with Crippen LogP contribution in [0.5, 0.6) is 5.75 Å². The van der Waals surface area contributed by atoms with E-state index < -0.39 is 15.9 Å². The van der Waals surface area contributed by atoms with Crippen LogP contribution < -0.4 is 9.46 Å². The van der Waals surface area contributed by atoms with Gasteiger partial charge in [0.1, 0.15) is 5.75 Å². The standard InChI is InChI=1S/C19H20N2O4S/c1-14-11-16-17(21(14)12-15-7-4-3-5-8-15)9-6-10-18(16)25-13-19(22)20-26(2,23)24/h3-11H,12-13H2,1-2H3,(H,20,22). The molecule has 136 valence electrons. The lowest BCUT2D eigenvalue weighted by atomic mass is 10.2. The van der Waals surface area contributed by atoms with Gasteiger partial charge in [0.25, 0.3) is 5.91 Å². The van der Waals surface area contributed by atoms with Crippen LogP contribution in [0.15, 0.2) is 54.6 Å². The Bertz CT molecular complexity index is 1040. The zero-order valence-corrected chi connectivity index (χ0v) is 15.4. The maximum absolute atomic E-state index is 11.7. The molecule has 1 N–H and O–H groups in total. The quantitative estimate of drug-likeness (QED) is 0.721. The predicted octanol–water partition coefficient (Wildman–Crippen LogP) is 2.45. The average Bonchev–Trinajstić information content (AvgIpc) is 2.89. The molecule has 0 atom stereocenters. The number of rotatable bonds is 6. The summed E-state index contributed by atoms with van der Waals surface area (Å²) in [5.74, 6) is -0.161. The van der Waals surface area contributed by atoms with Gasteiger partial charge in [-0.15, -0.1) is 0 Å². The minimum absolute atomic E-state index is 0.366. The minimum Gasteiger partial charge on any atom is -0.483 e. The van der Waals surface area contributed by atoms with Crippen LogP contribution in [-0.2, 0) is 21.4 Å². The first-order valence-corrected chi connectivity index (χ1v) is 9.99. The van der Waals surface area contributed by atoms with Crippen LogP contribution in [0.25, 0.3) is 10.9 Å². The highest BCUT2D eigenvalue weighted by Crippen LogP contribution is 2.29. The molecule has 1 heterocycles. The molecule has 0 bridgehead atoms. The van der Waals surface area contributed by atoms with Gasteiger partial charge in [-0.05, 0) is 30.7 Å². The first kappa shape index (κ1) is 18.0. The first-order valence-electron chi connectivity index (χ1n) is 8.10. The topological polar surface area (TPSA) is 77.4 Å². The van der Waals surface area contributed by atoms with E-state index >= 15 is 0 Å². The molecule has 0 radical (unpaired) electrons. The summed E-state index contributed by atoms with van der Waals surface area (Å²) >= 11 is 0. The molecule has 26 heavy (non-hydrogen) atoms. The van der Waals surface area contributed by atoms with Crippen molar-refractivity contribution in [3.63, 3.8) is 0 Å². The Morgan fingerprint density at radius 1 is 1.12 bits per heavy atom. The van der Waals surface area contributed by atoms with E-state index in [0.717, 1.165) is 29.4 Å². The van der Waals surface area contributed by atoms with Crippen molar-refractivity contribution in [3.05, 3.63) is 65.9 Å². The minimum atomic E-state index is -3.59. The second kappa shape index (κ2) is 7.21. The maximum Gasteiger partial charge on any atom is 0.271 e. The molecule has 1 aromatic heterocycles. The summed E-state index contributed by atoms with van der Waals surface area (Å²) in [6.07, 6.45) is 0.929. The second-order valence-electron chi connectivity index (χ2n) is 6.13. The smallest absolute Gasteiger partial charge is 0.271 e. The molecule has 7 heteroatoms. The van der Waals surface area contributed by atoms with Crippen LogP contribution in [-0.4, -0.2) is 31.8 Å². The molecule has 3 aromatic rings. The third-order valence-electron chi connectivity index (χ3n) is 3.95. The van der Waals surface area contributed by atoms with Gasteiger partial charge in [-0.2, -0.15) is 0 Å². The summed E-state index contributed by atoms with van der Waals surface area (Å²) in [6.45, 7) is 2.38. The Hall–Kier alpha value is -2.80. The summed E-state index contributed by atoms with van der Waals surface area (Å²) in [7, 11) is -3.59. The molecule has 0 aliphatic rings. The number of aryl methyl sites for hydroxylation is 1. The van der Waals surface area contributed by atoms with Crippen molar-refractivity contribution in [1.82, 2.24) is 9.29 Å². The van der Waals surface area contributed by atoms with Crippen LogP contribution in [0.4, 0.5) is 0 Å². The third kappa shape index (κ3) is 4.23. The number of benzene rings is 2. The molecule has 0 spiro atoms. The lowest BCUT2D eigenvalue weighted by Crippen LogP contribution is -2.33. The van der Waals surface area contributed by atoms with Gasteiger partial charge in [-0.3, -0.25) is 9.52 Å². The number of nitrogens with one attached hydrogen (secondary N) is 1. The molecule has 3 rings (SSSR count). The number of hydrogen-bond acceptors (Lipinski definition) is 4. The summed E-state index contributed by atoms with van der Waals surface area (Å²) in [4.78, 5) is 11.7. The van der Waals surface area contributed by atoms with Crippen LogP contribution in [0.1, 0.15) is 11.3 Å². The highest BCUT2D eigenvalue weighted by molar-refractivity contribution is 7.89. The largest absolute Gasteiger partial charge is 0.483 e. The molecule has 0 aliphatic carbocycles. The van der Waals surface area contributed by atoms with E-state index in [1.54, 1.807) is 6.07 Å².